The minimum atomic E-state index is -0.0260. The highest BCUT2D eigenvalue weighted by atomic mass is 35.5. The first-order valence-electron chi connectivity index (χ1n) is 5.57. The molecule has 1 aromatic carbocycles. The summed E-state index contributed by atoms with van der Waals surface area (Å²) in [6.07, 6.45) is 3.18. The van der Waals surface area contributed by atoms with Crippen LogP contribution >= 0.6 is 24.0 Å². The van der Waals surface area contributed by atoms with Gasteiger partial charge >= 0.3 is 0 Å². The van der Waals surface area contributed by atoms with Crippen molar-refractivity contribution in [1.29, 1.82) is 0 Å². The van der Waals surface area contributed by atoms with E-state index < -0.39 is 0 Å². The maximum atomic E-state index is 6.17. The SMILES string of the molecule is CCCC[C@@H](N)c1cc2c(cc1Cl)OCO2.Cl. The molecule has 2 N–H and O–H groups in total. The lowest BCUT2D eigenvalue weighted by atomic mass is 10.0. The summed E-state index contributed by atoms with van der Waals surface area (Å²) in [6, 6.07) is 3.65. The monoisotopic (exact) mass is 277 g/mol. The Kier molecular flexibility index (Phi) is 5.37. The second-order valence-corrected chi connectivity index (χ2v) is 4.38. The zero-order valence-corrected chi connectivity index (χ0v) is 11.3. The average Bonchev–Trinajstić information content (AvgIpc) is 2.71. The number of fused-ring (bicyclic) bond motifs is 1. The Bertz CT molecular complexity index is 385. The smallest absolute Gasteiger partial charge is 0.231 e. The van der Waals surface area contributed by atoms with Gasteiger partial charge in [0.05, 0.1) is 0 Å². The zero-order chi connectivity index (χ0) is 11.5. The van der Waals surface area contributed by atoms with Crippen LogP contribution in [0.3, 0.4) is 0 Å². The summed E-state index contributed by atoms with van der Waals surface area (Å²) in [7, 11) is 0. The van der Waals surface area contributed by atoms with E-state index in [9.17, 15) is 0 Å². The van der Waals surface area contributed by atoms with E-state index in [2.05, 4.69) is 6.92 Å². The lowest BCUT2D eigenvalue weighted by Crippen LogP contribution is -2.10. The van der Waals surface area contributed by atoms with E-state index in [-0.39, 0.29) is 25.2 Å². The molecule has 0 saturated carbocycles. The molecule has 0 saturated heterocycles. The van der Waals surface area contributed by atoms with E-state index in [0.717, 1.165) is 30.6 Å². The number of hydrogen-bond acceptors (Lipinski definition) is 3. The minimum absolute atomic E-state index is 0. The highest BCUT2D eigenvalue weighted by Crippen LogP contribution is 2.39. The molecule has 0 aliphatic carbocycles. The van der Waals surface area contributed by atoms with Crippen LogP contribution < -0.4 is 15.2 Å². The van der Waals surface area contributed by atoms with E-state index in [4.69, 9.17) is 26.8 Å². The van der Waals surface area contributed by atoms with Crippen LogP contribution in [0.1, 0.15) is 37.8 Å². The third kappa shape index (κ3) is 3.18. The topological polar surface area (TPSA) is 44.5 Å². The van der Waals surface area contributed by atoms with E-state index in [1.54, 1.807) is 6.07 Å². The fourth-order valence-electron chi connectivity index (χ4n) is 1.80. The third-order valence-electron chi connectivity index (χ3n) is 2.76. The fraction of sp³-hybridized carbons (Fsp3) is 0.500. The molecule has 96 valence electrons. The molecule has 0 spiro atoms. The van der Waals surface area contributed by atoms with E-state index in [0.29, 0.717) is 10.8 Å². The van der Waals surface area contributed by atoms with Crippen LogP contribution in [0.15, 0.2) is 12.1 Å². The van der Waals surface area contributed by atoms with Gasteiger partial charge in [0.25, 0.3) is 0 Å². The van der Waals surface area contributed by atoms with Crippen molar-refractivity contribution in [3.8, 4) is 11.5 Å². The number of ether oxygens (including phenoxy) is 2. The quantitative estimate of drug-likeness (QED) is 0.913. The van der Waals surface area contributed by atoms with Crippen LogP contribution in [0.4, 0.5) is 0 Å². The van der Waals surface area contributed by atoms with Crippen molar-refractivity contribution < 1.29 is 9.47 Å². The molecule has 1 atom stereocenters. The maximum Gasteiger partial charge on any atom is 0.231 e. The largest absolute Gasteiger partial charge is 0.454 e. The standard InChI is InChI=1S/C12H16ClNO2.ClH/c1-2-3-4-10(14)8-5-11-12(6-9(8)13)16-7-15-11;/h5-6,10H,2-4,7,14H2,1H3;1H/t10-;/m1./s1. The summed E-state index contributed by atoms with van der Waals surface area (Å²) >= 11 is 6.17. The molecule has 1 aliphatic rings. The lowest BCUT2D eigenvalue weighted by Gasteiger charge is -2.13. The summed E-state index contributed by atoms with van der Waals surface area (Å²) in [4.78, 5) is 0. The predicted octanol–water partition coefficient (Wildman–Crippen LogP) is 3.68. The molecule has 5 heteroatoms. The Morgan fingerprint density at radius 2 is 2.00 bits per heavy atom. The first kappa shape index (κ1) is 14.4. The Balaban J connectivity index is 0.00000144. The Hall–Kier alpha value is -0.640. The lowest BCUT2D eigenvalue weighted by molar-refractivity contribution is 0.174. The van der Waals surface area contributed by atoms with Gasteiger partial charge in [-0.2, -0.15) is 0 Å². The number of unbranched alkanes of at least 4 members (excludes halogenated alkanes) is 1. The number of hydrogen-bond donors (Lipinski definition) is 1. The number of nitrogens with two attached hydrogens (primary N) is 1. The van der Waals surface area contributed by atoms with Crippen LogP contribution in [0.2, 0.25) is 5.02 Å². The number of halogens is 2. The van der Waals surface area contributed by atoms with E-state index >= 15 is 0 Å². The van der Waals surface area contributed by atoms with Gasteiger partial charge in [0.15, 0.2) is 11.5 Å². The third-order valence-corrected chi connectivity index (χ3v) is 3.09. The number of benzene rings is 1. The Morgan fingerprint density at radius 3 is 2.65 bits per heavy atom. The second-order valence-electron chi connectivity index (χ2n) is 3.98. The molecular weight excluding hydrogens is 261 g/mol. The first-order valence-corrected chi connectivity index (χ1v) is 5.94. The van der Waals surface area contributed by atoms with Crippen LogP contribution in [-0.4, -0.2) is 6.79 Å². The van der Waals surface area contributed by atoms with Gasteiger partial charge in [0.2, 0.25) is 6.79 Å². The molecule has 3 nitrogen and oxygen atoms in total. The Morgan fingerprint density at radius 1 is 1.35 bits per heavy atom. The van der Waals surface area contributed by atoms with Crippen molar-refractivity contribution in [2.24, 2.45) is 5.73 Å². The molecule has 1 heterocycles. The van der Waals surface area contributed by atoms with Gasteiger partial charge < -0.3 is 15.2 Å². The fourth-order valence-corrected chi connectivity index (χ4v) is 2.09. The molecule has 0 fully saturated rings. The Labute approximate surface area is 113 Å². The van der Waals surface area contributed by atoms with Crippen LogP contribution in [0.25, 0.3) is 0 Å². The molecule has 17 heavy (non-hydrogen) atoms. The van der Waals surface area contributed by atoms with Crippen molar-refractivity contribution in [3.05, 3.63) is 22.7 Å². The highest BCUT2D eigenvalue weighted by molar-refractivity contribution is 6.31. The molecule has 1 aliphatic heterocycles. The average molecular weight is 278 g/mol. The van der Waals surface area contributed by atoms with Gasteiger partial charge in [-0.05, 0) is 18.1 Å². The van der Waals surface area contributed by atoms with Crippen LogP contribution in [-0.2, 0) is 0 Å². The first-order chi connectivity index (χ1) is 7.72. The second kappa shape index (κ2) is 6.34. The van der Waals surface area contributed by atoms with Gasteiger partial charge in [-0.15, -0.1) is 12.4 Å². The van der Waals surface area contributed by atoms with Crippen LogP contribution in [0, 0.1) is 0 Å². The summed E-state index contributed by atoms with van der Waals surface area (Å²) in [6.45, 7) is 2.41. The van der Waals surface area contributed by atoms with Crippen molar-refractivity contribution in [2.75, 3.05) is 6.79 Å². The van der Waals surface area contributed by atoms with Gasteiger partial charge in [-0.1, -0.05) is 31.4 Å². The summed E-state index contributed by atoms with van der Waals surface area (Å²) in [5, 5.41) is 0.660. The molecule has 0 unspecified atom stereocenters. The minimum Gasteiger partial charge on any atom is -0.454 e. The van der Waals surface area contributed by atoms with Gasteiger partial charge in [-0.3, -0.25) is 0 Å². The van der Waals surface area contributed by atoms with Crippen molar-refractivity contribution in [1.82, 2.24) is 0 Å². The molecule has 0 bridgehead atoms. The number of rotatable bonds is 4. The van der Waals surface area contributed by atoms with Gasteiger partial charge in [-0.25, -0.2) is 0 Å². The maximum absolute atomic E-state index is 6.17. The molecule has 1 aromatic rings. The highest BCUT2D eigenvalue weighted by Gasteiger charge is 2.19. The van der Waals surface area contributed by atoms with E-state index in [1.807, 2.05) is 6.07 Å². The van der Waals surface area contributed by atoms with E-state index in [1.165, 1.54) is 0 Å². The van der Waals surface area contributed by atoms with Crippen molar-refractivity contribution in [2.45, 2.75) is 32.2 Å². The molecular formula is C12H17Cl2NO2. The molecule has 0 amide bonds. The predicted molar refractivity (Wildman–Crippen MR) is 71.3 cm³/mol. The van der Waals surface area contributed by atoms with Crippen LogP contribution in [0.5, 0.6) is 11.5 Å². The van der Waals surface area contributed by atoms with Crippen molar-refractivity contribution in [3.63, 3.8) is 0 Å². The zero-order valence-electron chi connectivity index (χ0n) is 9.74. The van der Waals surface area contributed by atoms with Crippen molar-refractivity contribution >= 4 is 24.0 Å². The summed E-state index contributed by atoms with van der Waals surface area (Å²) < 4.78 is 10.6. The molecule has 0 aromatic heterocycles. The summed E-state index contributed by atoms with van der Waals surface area (Å²) in [5.41, 5.74) is 7.04. The van der Waals surface area contributed by atoms with Gasteiger partial charge in [0, 0.05) is 17.1 Å². The summed E-state index contributed by atoms with van der Waals surface area (Å²) in [5.74, 6) is 1.45. The molecule has 2 rings (SSSR count). The van der Waals surface area contributed by atoms with Gasteiger partial charge in [0.1, 0.15) is 0 Å². The normalized spacial score (nSPS) is 14.3. The molecule has 0 radical (unpaired) electrons.